The molecule has 0 aliphatic carbocycles. The summed E-state index contributed by atoms with van der Waals surface area (Å²) in [5, 5.41) is 7.28. The fraction of sp³-hybridized carbons (Fsp3) is 0.320. The Kier molecular flexibility index (Phi) is 7.39. The van der Waals surface area contributed by atoms with Crippen LogP contribution in [0.25, 0.3) is 0 Å². The molecule has 0 aliphatic rings. The Labute approximate surface area is 174 Å². The van der Waals surface area contributed by atoms with Gasteiger partial charge in [-0.2, -0.15) is 0 Å². The lowest BCUT2D eigenvalue weighted by Gasteiger charge is -2.31. The van der Waals surface area contributed by atoms with Crippen LogP contribution in [0.1, 0.15) is 43.5 Å². The third kappa shape index (κ3) is 7.00. The highest BCUT2D eigenvalue weighted by atomic mass is 16.5. The molecule has 0 radical (unpaired) electrons. The minimum atomic E-state index is -0.0111. The van der Waals surface area contributed by atoms with Crippen LogP contribution in [0.15, 0.2) is 79.1 Å². The highest BCUT2D eigenvalue weighted by Crippen LogP contribution is 2.17. The van der Waals surface area contributed by atoms with Gasteiger partial charge in [-0.25, -0.2) is 0 Å². The molecule has 3 rings (SSSR count). The molecule has 2 aromatic carbocycles. The average Bonchev–Trinajstić information content (AvgIpc) is 2.74. The topological polar surface area (TPSA) is 46.2 Å². The molecule has 1 unspecified atom stereocenters. The lowest BCUT2D eigenvalue weighted by molar-refractivity contribution is 0.306. The summed E-state index contributed by atoms with van der Waals surface area (Å²) in [6, 6.07) is 23.1. The minimum absolute atomic E-state index is 0.0111. The van der Waals surface area contributed by atoms with Gasteiger partial charge >= 0.3 is 0 Å². The van der Waals surface area contributed by atoms with E-state index in [9.17, 15) is 0 Å². The van der Waals surface area contributed by atoms with Gasteiger partial charge in [0.2, 0.25) is 0 Å². The predicted octanol–water partition coefficient (Wildman–Crippen LogP) is 4.88. The van der Waals surface area contributed by atoms with Crippen LogP contribution < -0.4 is 15.4 Å². The van der Waals surface area contributed by atoms with Gasteiger partial charge in [0.1, 0.15) is 12.4 Å². The fourth-order valence-corrected chi connectivity index (χ4v) is 3.33. The molecule has 1 atom stereocenters. The van der Waals surface area contributed by atoms with Gasteiger partial charge in [-0.1, -0.05) is 42.5 Å². The molecule has 0 aliphatic heterocycles. The van der Waals surface area contributed by atoms with Crippen molar-refractivity contribution in [2.75, 3.05) is 6.54 Å². The quantitative estimate of drug-likeness (QED) is 0.519. The molecular weight excluding hydrogens is 358 g/mol. The zero-order valence-corrected chi connectivity index (χ0v) is 17.6. The molecule has 0 saturated carbocycles. The highest BCUT2D eigenvalue weighted by molar-refractivity contribution is 5.27. The summed E-state index contributed by atoms with van der Waals surface area (Å²) in [7, 11) is 0. The highest BCUT2D eigenvalue weighted by Gasteiger charge is 2.20. The van der Waals surface area contributed by atoms with Crippen LogP contribution in [0.2, 0.25) is 0 Å². The van der Waals surface area contributed by atoms with Crippen molar-refractivity contribution in [3.8, 4) is 5.75 Å². The minimum Gasteiger partial charge on any atom is -0.489 e. The fourth-order valence-electron chi connectivity index (χ4n) is 3.33. The van der Waals surface area contributed by atoms with E-state index in [1.54, 1.807) is 12.4 Å². The average molecular weight is 390 g/mol. The van der Waals surface area contributed by atoms with Gasteiger partial charge in [-0.15, -0.1) is 0 Å². The summed E-state index contributed by atoms with van der Waals surface area (Å²) < 4.78 is 5.83. The van der Waals surface area contributed by atoms with E-state index in [1.807, 2.05) is 24.3 Å². The molecule has 0 saturated heterocycles. The number of aromatic nitrogens is 1. The van der Waals surface area contributed by atoms with Crippen molar-refractivity contribution in [2.24, 2.45) is 0 Å². The zero-order chi connectivity index (χ0) is 20.5. The summed E-state index contributed by atoms with van der Waals surface area (Å²) in [4.78, 5) is 4.02. The molecule has 2 N–H and O–H groups in total. The van der Waals surface area contributed by atoms with Crippen LogP contribution in [-0.4, -0.2) is 17.1 Å². The van der Waals surface area contributed by atoms with E-state index in [0.717, 1.165) is 24.4 Å². The molecule has 4 heteroatoms. The standard InChI is InChI=1S/C25H31N3O/c1-20(23-7-5-4-6-8-23)28-25(2,3)19-27-17-21-9-11-24(12-10-21)29-18-22-13-15-26-16-14-22/h4-16,20,27-28H,17-19H2,1-3H3. The van der Waals surface area contributed by atoms with Crippen LogP contribution >= 0.6 is 0 Å². The molecule has 0 spiro atoms. The van der Waals surface area contributed by atoms with Crippen molar-refractivity contribution in [2.45, 2.75) is 45.5 Å². The molecule has 0 amide bonds. The van der Waals surface area contributed by atoms with E-state index < -0.39 is 0 Å². The van der Waals surface area contributed by atoms with Gasteiger partial charge in [0.05, 0.1) is 0 Å². The second-order valence-corrected chi connectivity index (χ2v) is 8.05. The molecule has 4 nitrogen and oxygen atoms in total. The van der Waals surface area contributed by atoms with Crippen molar-refractivity contribution in [1.29, 1.82) is 0 Å². The van der Waals surface area contributed by atoms with Crippen LogP contribution in [0.3, 0.4) is 0 Å². The maximum atomic E-state index is 5.83. The van der Waals surface area contributed by atoms with Crippen LogP contribution in [0, 0.1) is 0 Å². The Balaban J connectivity index is 1.42. The van der Waals surface area contributed by atoms with Crippen molar-refractivity contribution in [3.63, 3.8) is 0 Å². The number of ether oxygens (including phenoxy) is 1. The molecule has 29 heavy (non-hydrogen) atoms. The summed E-state index contributed by atoms with van der Waals surface area (Å²) in [6.07, 6.45) is 3.56. The number of hydrogen-bond donors (Lipinski definition) is 2. The first kappa shape index (κ1) is 21.0. The number of hydrogen-bond acceptors (Lipinski definition) is 4. The smallest absolute Gasteiger partial charge is 0.119 e. The molecule has 3 aromatic rings. The second kappa shape index (κ2) is 10.2. The third-order valence-electron chi connectivity index (χ3n) is 4.88. The molecule has 152 valence electrons. The summed E-state index contributed by atoms with van der Waals surface area (Å²) in [5.41, 5.74) is 3.66. The zero-order valence-electron chi connectivity index (χ0n) is 17.6. The van der Waals surface area contributed by atoms with Crippen molar-refractivity contribution < 1.29 is 4.74 Å². The van der Waals surface area contributed by atoms with Crippen molar-refractivity contribution >= 4 is 0 Å². The van der Waals surface area contributed by atoms with Gasteiger partial charge < -0.3 is 15.4 Å². The molecule has 1 heterocycles. The van der Waals surface area contributed by atoms with Gasteiger partial charge in [0, 0.05) is 37.1 Å². The normalized spacial score (nSPS) is 12.5. The van der Waals surface area contributed by atoms with E-state index in [0.29, 0.717) is 12.6 Å². The monoisotopic (exact) mass is 389 g/mol. The first-order valence-electron chi connectivity index (χ1n) is 10.2. The number of rotatable bonds is 10. The summed E-state index contributed by atoms with van der Waals surface area (Å²) in [6.45, 7) is 8.94. The summed E-state index contributed by atoms with van der Waals surface area (Å²) in [5.74, 6) is 0.879. The predicted molar refractivity (Wildman–Crippen MR) is 119 cm³/mol. The van der Waals surface area contributed by atoms with E-state index in [2.05, 4.69) is 78.9 Å². The van der Waals surface area contributed by atoms with Crippen LogP contribution in [0.4, 0.5) is 0 Å². The van der Waals surface area contributed by atoms with E-state index in [-0.39, 0.29) is 5.54 Å². The molecular formula is C25H31N3O. The Hall–Kier alpha value is -2.69. The molecule has 0 bridgehead atoms. The molecule has 1 aromatic heterocycles. The Morgan fingerprint density at radius 1 is 0.897 bits per heavy atom. The van der Waals surface area contributed by atoms with Gasteiger partial charge in [0.25, 0.3) is 0 Å². The van der Waals surface area contributed by atoms with E-state index in [1.165, 1.54) is 11.1 Å². The summed E-state index contributed by atoms with van der Waals surface area (Å²) >= 11 is 0. The Morgan fingerprint density at radius 3 is 2.28 bits per heavy atom. The second-order valence-electron chi connectivity index (χ2n) is 8.05. The van der Waals surface area contributed by atoms with Crippen LogP contribution in [0.5, 0.6) is 5.75 Å². The molecule has 0 fully saturated rings. The third-order valence-corrected chi connectivity index (χ3v) is 4.88. The van der Waals surface area contributed by atoms with Gasteiger partial charge in [-0.05, 0) is 61.7 Å². The lowest BCUT2D eigenvalue weighted by atomic mass is 10.0. The maximum absolute atomic E-state index is 5.83. The largest absolute Gasteiger partial charge is 0.489 e. The number of pyridine rings is 1. The van der Waals surface area contributed by atoms with Crippen molar-refractivity contribution in [3.05, 3.63) is 95.8 Å². The maximum Gasteiger partial charge on any atom is 0.119 e. The van der Waals surface area contributed by atoms with E-state index >= 15 is 0 Å². The Morgan fingerprint density at radius 2 is 1.59 bits per heavy atom. The van der Waals surface area contributed by atoms with Crippen LogP contribution in [-0.2, 0) is 13.2 Å². The number of nitrogens with zero attached hydrogens (tertiary/aromatic N) is 1. The van der Waals surface area contributed by atoms with Gasteiger partial charge in [-0.3, -0.25) is 4.98 Å². The number of nitrogens with one attached hydrogen (secondary N) is 2. The van der Waals surface area contributed by atoms with E-state index in [4.69, 9.17) is 4.74 Å². The van der Waals surface area contributed by atoms with Crippen molar-refractivity contribution in [1.82, 2.24) is 15.6 Å². The first-order chi connectivity index (χ1) is 14.0. The Bertz CT molecular complexity index is 848. The number of benzene rings is 2. The lowest BCUT2D eigenvalue weighted by Crippen LogP contribution is -2.48. The first-order valence-corrected chi connectivity index (χ1v) is 10.2. The SMILES string of the molecule is CC(NC(C)(C)CNCc1ccc(OCc2ccncc2)cc1)c1ccccc1. The van der Waals surface area contributed by atoms with Gasteiger partial charge in [0.15, 0.2) is 0 Å².